The minimum Gasteiger partial charge on any atom is -0.467 e. The number of hydrogen-bond acceptors (Lipinski definition) is 5. The molecule has 25 heavy (non-hydrogen) atoms. The van der Waals surface area contributed by atoms with Crippen molar-refractivity contribution in [1.29, 1.82) is 0 Å². The summed E-state index contributed by atoms with van der Waals surface area (Å²) in [6, 6.07) is 11.1. The Hall–Kier alpha value is -2.70. The first kappa shape index (κ1) is 18.6. The van der Waals surface area contributed by atoms with Gasteiger partial charge in [0.05, 0.1) is 0 Å². The van der Waals surface area contributed by atoms with E-state index in [2.05, 4.69) is 0 Å². The fourth-order valence-corrected chi connectivity index (χ4v) is 2.10. The molecule has 6 heteroatoms. The van der Waals surface area contributed by atoms with Crippen molar-refractivity contribution < 1.29 is 28.1 Å². The van der Waals surface area contributed by atoms with Crippen molar-refractivity contribution in [2.24, 2.45) is 0 Å². The zero-order chi connectivity index (χ0) is 18.1. The van der Waals surface area contributed by atoms with E-state index in [1.54, 1.807) is 36.4 Å². The third-order valence-electron chi connectivity index (χ3n) is 3.22. The van der Waals surface area contributed by atoms with E-state index in [4.69, 9.17) is 18.9 Å². The van der Waals surface area contributed by atoms with Gasteiger partial charge in [-0.05, 0) is 30.4 Å². The maximum absolute atomic E-state index is 13.7. The van der Waals surface area contributed by atoms with Gasteiger partial charge in [-0.25, -0.2) is 4.39 Å². The number of benzene rings is 2. The second-order valence-electron chi connectivity index (χ2n) is 4.95. The summed E-state index contributed by atoms with van der Waals surface area (Å²) in [7, 11) is 2.95. The second kappa shape index (κ2) is 9.56. The highest BCUT2D eigenvalue weighted by atomic mass is 19.1. The number of ketones is 1. The van der Waals surface area contributed by atoms with Crippen LogP contribution >= 0.6 is 0 Å². The van der Waals surface area contributed by atoms with Crippen LogP contribution < -0.4 is 9.47 Å². The van der Waals surface area contributed by atoms with Gasteiger partial charge in [-0.3, -0.25) is 4.79 Å². The summed E-state index contributed by atoms with van der Waals surface area (Å²) >= 11 is 0. The lowest BCUT2D eigenvalue weighted by Gasteiger charge is -2.13. The molecule has 0 aliphatic rings. The average molecular weight is 346 g/mol. The number of hydrogen-bond donors (Lipinski definition) is 0. The summed E-state index contributed by atoms with van der Waals surface area (Å²) < 4.78 is 34.3. The number of halogens is 1. The molecule has 2 aromatic rings. The Bertz CT molecular complexity index is 716. The minimum absolute atomic E-state index is 0.0228. The quantitative estimate of drug-likeness (QED) is 0.394. The lowest BCUT2D eigenvalue weighted by Crippen LogP contribution is -2.09. The minimum atomic E-state index is -0.411. The molecule has 0 saturated carbocycles. The van der Waals surface area contributed by atoms with Gasteiger partial charge in [0.1, 0.15) is 22.9 Å². The first-order valence-electron chi connectivity index (χ1n) is 7.50. The molecule has 0 radical (unpaired) electrons. The van der Waals surface area contributed by atoms with E-state index in [-0.39, 0.29) is 24.9 Å². The smallest absolute Gasteiger partial charge is 0.193 e. The summed E-state index contributed by atoms with van der Waals surface area (Å²) in [5.41, 5.74) is 0.523. The SMILES string of the molecule is COCOc1cccc(OCOC)c1C(=O)/C=C/c1ccccc1F. The molecule has 0 aliphatic carbocycles. The summed E-state index contributed by atoms with van der Waals surface area (Å²) in [6.07, 6.45) is 2.68. The molecule has 0 saturated heterocycles. The van der Waals surface area contributed by atoms with Crippen molar-refractivity contribution in [1.82, 2.24) is 0 Å². The topological polar surface area (TPSA) is 54.0 Å². The fraction of sp³-hybridized carbons (Fsp3) is 0.211. The largest absolute Gasteiger partial charge is 0.467 e. The highest BCUT2D eigenvalue weighted by Gasteiger charge is 2.17. The number of ether oxygens (including phenoxy) is 4. The van der Waals surface area contributed by atoms with Gasteiger partial charge in [0, 0.05) is 19.8 Å². The predicted molar refractivity (Wildman–Crippen MR) is 91.2 cm³/mol. The summed E-state index contributed by atoms with van der Waals surface area (Å²) in [5.74, 6) is -0.190. The Balaban J connectivity index is 2.33. The highest BCUT2D eigenvalue weighted by molar-refractivity contribution is 6.10. The molecule has 0 N–H and O–H groups in total. The van der Waals surface area contributed by atoms with Gasteiger partial charge in [0.15, 0.2) is 19.4 Å². The molecule has 0 amide bonds. The molecule has 2 rings (SSSR count). The van der Waals surface area contributed by atoms with E-state index < -0.39 is 5.82 Å². The van der Waals surface area contributed by atoms with Gasteiger partial charge in [-0.1, -0.05) is 24.3 Å². The first-order valence-corrected chi connectivity index (χ1v) is 7.50. The van der Waals surface area contributed by atoms with Crippen molar-refractivity contribution in [3.8, 4) is 11.5 Å². The molecule has 0 aliphatic heterocycles. The highest BCUT2D eigenvalue weighted by Crippen LogP contribution is 2.30. The zero-order valence-electron chi connectivity index (χ0n) is 14.0. The number of rotatable bonds is 9. The molecule has 0 aromatic heterocycles. The standard InChI is InChI=1S/C19H19FO5/c1-22-12-24-17-8-5-9-18(25-13-23-2)19(17)16(21)11-10-14-6-3-4-7-15(14)20/h3-11H,12-13H2,1-2H3/b11-10+. The van der Waals surface area contributed by atoms with Crippen LogP contribution in [0.5, 0.6) is 11.5 Å². The van der Waals surface area contributed by atoms with Crippen LogP contribution in [0.2, 0.25) is 0 Å². The van der Waals surface area contributed by atoms with Crippen LogP contribution in [0.4, 0.5) is 4.39 Å². The van der Waals surface area contributed by atoms with Crippen molar-refractivity contribution in [3.63, 3.8) is 0 Å². The Kier molecular flexibility index (Phi) is 7.13. The van der Waals surface area contributed by atoms with Crippen molar-refractivity contribution >= 4 is 11.9 Å². The number of carbonyl (C=O) groups is 1. The van der Waals surface area contributed by atoms with Gasteiger partial charge in [0.25, 0.3) is 0 Å². The predicted octanol–water partition coefficient (Wildman–Crippen LogP) is 3.69. The maximum atomic E-state index is 13.7. The van der Waals surface area contributed by atoms with E-state index in [0.717, 1.165) is 0 Å². The molecule has 0 atom stereocenters. The third-order valence-corrected chi connectivity index (χ3v) is 3.22. The van der Waals surface area contributed by atoms with Gasteiger partial charge < -0.3 is 18.9 Å². The Morgan fingerprint density at radius 2 is 1.56 bits per heavy atom. The van der Waals surface area contributed by atoms with Crippen LogP contribution in [0, 0.1) is 5.82 Å². The maximum Gasteiger partial charge on any atom is 0.193 e. The van der Waals surface area contributed by atoms with Crippen molar-refractivity contribution in [3.05, 3.63) is 65.5 Å². The second-order valence-corrected chi connectivity index (χ2v) is 4.95. The van der Waals surface area contributed by atoms with Crippen LogP contribution in [0.15, 0.2) is 48.5 Å². The Labute approximate surface area is 145 Å². The van der Waals surface area contributed by atoms with E-state index in [1.807, 2.05) is 0 Å². The average Bonchev–Trinajstić information content (AvgIpc) is 2.63. The van der Waals surface area contributed by atoms with Gasteiger partial charge >= 0.3 is 0 Å². The summed E-state index contributed by atoms with van der Waals surface area (Å²) in [6.45, 7) is -0.0456. The lowest BCUT2D eigenvalue weighted by molar-refractivity contribution is 0.0447. The van der Waals surface area contributed by atoms with E-state index in [9.17, 15) is 9.18 Å². The van der Waals surface area contributed by atoms with Gasteiger partial charge in [-0.15, -0.1) is 0 Å². The molecule has 0 unspecified atom stereocenters. The number of carbonyl (C=O) groups excluding carboxylic acids is 1. The fourth-order valence-electron chi connectivity index (χ4n) is 2.10. The summed E-state index contributed by atoms with van der Waals surface area (Å²) in [4.78, 5) is 12.6. The Morgan fingerprint density at radius 3 is 2.12 bits per heavy atom. The van der Waals surface area contributed by atoms with Crippen LogP contribution in [0.3, 0.4) is 0 Å². The van der Waals surface area contributed by atoms with E-state index >= 15 is 0 Å². The zero-order valence-corrected chi connectivity index (χ0v) is 14.0. The van der Waals surface area contributed by atoms with Crippen LogP contribution in [-0.4, -0.2) is 33.6 Å². The van der Waals surface area contributed by atoms with Gasteiger partial charge in [-0.2, -0.15) is 0 Å². The normalized spacial score (nSPS) is 10.8. The van der Waals surface area contributed by atoms with E-state index in [1.165, 1.54) is 32.4 Å². The van der Waals surface area contributed by atoms with Crippen molar-refractivity contribution in [2.45, 2.75) is 0 Å². The summed E-state index contributed by atoms with van der Waals surface area (Å²) in [5, 5.41) is 0. The third kappa shape index (κ3) is 5.14. The molecule has 0 heterocycles. The lowest BCUT2D eigenvalue weighted by atomic mass is 10.1. The molecule has 5 nitrogen and oxygen atoms in total. The first-order chi connectivity index (χ1) is 12.2. The van der Waals surface area contributed by atoms with Crippen LogP contribution in [-0.2, 0) is 9.47 Å². The molecule has 0 spiro atoms. The van der Waals surface area contributed by atoms with Crippen LogP contribution in [0.25, 0.3) is 6.08 Å². The van der Waals surface area contributed by atoms with E-state index in [0.29, 0.717) is 17.1 Å². The number of allylic oxidation sites excluding steroid dienone is 1. The van der Waals surface area contributed by atoms with Gasteiger partial charge in [0.2, 0.25) is 0 Å². The Morgan fingerprint density at radius 1 is 0.960 bits per heavy atom. The molecule has 2 aromatic carbocycles. The molecule has 0 bridgehead atoms. The monoisotopic (exact) mass is 346 g/mol. The van der Waals surface area contributed by atoms with Crippen molar-refractivity contribution in [2.75, 3.05) is 27.8 Å². The van der Waals surface area contributed by atoms with Crippen LogP contribution in [0.1, 0.15) is 15.9 Å². The molecular weight excluding hydrogens is 327 g/mol. The molecular formula is C19H19FO5. The molecule has 0 fully saturated rings. The number of methoxy groups -OCH3 is 2. The molecule has 132 valence electrons.